The summed E-state index contributed by atoms with van der Waals surface area (Å²) < 4.78 is 0.937. The highest BCUT2D eigenvalue weighted by Crippen LogP contribution is 2.36. The number of anilines is 1. The number of benzene rings is 1. The first-order chi connectivity index (χ1) is 9.25. The molecule has 1 unspecified atom stereocenters. The van der Waals surface area contributed by atoms with Crippen LogP contribution in [0.1, 0.15) is 17.2 Å². The Bertz CT molecular complexity index is 615. The molecule has 0 saturated carbocycles. The molecule has 0 aliphatic carbocycles. The average molecular weight is 318 g/mol. The molecule has 4 nitrogen and oxygen atoms in total. The summed E-state index contributed by atoms with van der Waals surface area (Å²) in [6.45, 7) is 0.604. The third-order valence-electron chi connectivity index (χ3n) is 3.09. The molecule has 1 aromatic heterocycles. The Kier molecular flexibility index (Phi) is 3.31. The lowest BCUT2D eigenvalue weighted by atomic mass is 10.1. The van der Waals surface area contributed by atoms with Gasteiger partial charge < -0.3 is 5.32 Å². The van der Waals surface area contributed by atoms with Gasteiger partial charge in [-0.3, -0.25) is 15.1 Å². The van der Waals surface area contributed by atoms with Gasteiger partial charge in [-0.15, -0.1) is 0 Å². The van der Waals surface area contributed by atoms with E-state index in [0.717, 1.165) is 21.3 Å². The van der Waals surface area contributed by atoms with E-state index in [2.05, 4.69) is 31.5 Å². The van der Waals surface area contributed by atoms with Crippen LogP contribution in [0.4, 0.5) is 5.69 Å². The number of carbonyl (C=O) groups is 1. The Balaban J connectivity index is 1.81. The highest BCUT2D eigenvalue weighted by molar-refractivity contribution is 9.10. The predicted molar refractivity (Wildman–Crippen MR) is 76.6 cm³/mol. The zero-order valence-corrected chi connectivity index (χ0v) is 11.6. The monoisotopic (exact) mass is 317 g/mol. The van der Waals surface area contributed by atoms with Gasteiger partial charge in [-0.2, -0.15) is 0 Å². The van der Waals surface area contributed by atoms with Gasteiger partial charge in [-0.05, 0) is 23.8 Å². The molecule has 1 amide bonds. The van der Waals surface area contributed by atoms with E-state index in [-0.39, 0.29) is 11.9 Å². The second-order valence-electron chi connectivity index (χ2n) is 4.37. The van der Waals surface area contributed by atoms with E-state index in [1.54, 1.807) is 12.4 Å². The molecule has 0 fully saturated rings. The molecule has 3 rings (SSSR count). The number of pyridine rings is 1. The standard InChI is InChI=1S/C14H12BrN3O/c15-10-4-1-5-11-12(10)13(14(19)18-11)17-8-9-3-2-6-16-7-9/h1-7,13,17H,8H2,(H,18,19). The Morgan fingerprint density at radius 1 is 1.32 bits per heavy atom. The van der Waals surface area contributed by atoms with Crippen LogP contribution in [0.3, 0.4) is 0 Å². The van der Waals surface area contributed by atoms with Crippen molar-refractivity contribution < 1.29 is 4.79 Å². The van der Waals surface area contributed by atoms with Crippen molar-refractivity contribution in [3.8, 4) is 0 Å². The van der Waals surface area contributed by atoms with Crippen LogP contribution < -0.4 is 10.6 Å². The van der Waals surface area contributed by atoms with Crippen molar-refractivity contribution in [3.05, 3.63) is 58.3 Å². The van der Waals surface area contributed by atoms with Crippen LogP contribution in [0.15, 0.2) is 47.2 Å². The van der Waals surface area contributed by atoms with Crippen LogP contribution in [0.2, 0.25) is 0 Å². The summed E-state index contributed by atoms with van der Waals surface area (Å²) in [5.74, 6) is -0.0224. The number of rotatable bonds is 3. The number of hydrogen-bond donors (Lipinski definition) is 2. The minimum atomic E-state index is -0.328. The lowest BCUT2D eigenvalue weighted by Crippen LogP contribution is -2.27. The maximum Gasteiger partial charge on any atom is 0.246 e. The molecule has 1 aromatic carbocycles. The van der Waals surface area contributed by atoms with E-state index >= 15 is 0 Å². The van der Waals surface area contributed by atoms with E-state index in [4.69, 9.17) is 0 Å². The molecule has 96 valence electrons. The molecule has 0 spiro atoms. The summed E-state index contributed by atoms with van der Waals surface area (Å²) in [6.07, 6.45) is 3.53. The van der Waals surface area contributed by atoms with Gasteiger partial charge in [0.2, 0.25) is 5.91 Å². The maximum atomic E-state index is 12.0. The second-order valence-corrected chi connectivity index (χ2v) is 5.22. The van der Waals surface area contributed by atoms with Gasteiger partial charge in [0.25, 0.3) is 0 Å². The van der Waals surface area contributed by atoms with Crippen molar-refractivity contribution in [2.24, 2.45) is 0 Å². The van der Waals surface area contributed by atoms with Crippen LogP contribution in [0.5, 0.6) is 0 Å². The molecule has 0 bridgehead atoms. The minimum absolute atomic E-state index is 0.0224. The summed E-state index contributed by atoms with van der Waals surface area (Å²) in [7, 11) is 0. The van der Waals surface area contributed by atoms with Crippen LogP contribution in [0, 0.1) is 0 Å². The summed E-state index contributed by atoms with van der Waals surface area (Å²) in [4.78, 5) is 16.1. The summed E-state index contributed by atoms with van der Waals surface area (Å²) in [6, 6.07) is 9.29. The fraction of sp³-hybridized carbons (Fsp3) is 0.143. The van der Waals surface area contributed by atoms with Crippen molar-refractivity contribution in [3.63, 3.8) is 0 Å². The number of halogens is 1. The first kappa shape index (κ1) is 12.3. The Morgan fingerprint density at radius 2 is 2.21 bits per heavy atom. The Hall–Kier alpha value is -1.72. The van der Waals surface area contributed by atoms with Crippen molar-refractivity contribution in [2.75, 3.05) is 5.32 Å². The van der Waals surface area contributed by atoms with E-state index < -0.39 is 0 Å². The van der Waals surface area contributed by atoms with E-state index in [9.17, 15) is 4.79 Å². The number of aromatic nitrogens is 1. The van der Waals surface area contributed by atoms with Gasteiger partial charge in [0, 0.05) is 34.7 Å². The van der Waals surface area contributed by atoms with Gasteiger partial charge in [0.05, 0.1) is 0 Å². The number of hydrogen-bond acceptors (Lipinski definition) is 3. The molecule has 2 N–H and O–H groups in total. The minimum Gasteiger partial charge on any atom is -0.324 e. The summed E-state index contributed by atoms with van der Waals surface area (Å²) in [5, 5.41) is 6.14. The van der Waals surface area contributed by atoms with Gasteiger partial charge in [-0.25, -0.2) is 0 Å². The van der Waals surface area contributed by atoms with Gasteiger partial charge >= 0.3 is 0 Å². The quantitative estimate of drug-likeness (QED) is 0.915. The number of fused-ring (bicyclic) bond motifs is 1. The van der Waals surface area contributed by atoms with E-state index in [0.29, 0.717) is 6.54 Å². The second kappa shape index (κ2) is 5.11. The van der Waals surface area contributed by atoms with Gasteiger partial charge in [0.15, 0.2) is 0 Å². The molecule has 0 radical (unpaired) electrons. The highest BCUT2D eigenvalue weighted by atomic mass is 79.9. The molecule has 2 aromatic rings. The van der Waals surface area contributed by atoms with Crippen molar-refractivity contribution in [1.29, 1.82) is 0 Å². The topological polar surface area (TPSA) is 54.0 Å². The SMILES string of the molecule is O=C1Nc2cccc(Br)c2C1NCc1cccnc1. The van der Waals surface area contributed by atoms with Crippen molar-refractivity contribution in [2.45, 2.75) is 12.6 Å². The number of carbonyl (C=O) groups excluding carboxylic acids is 1. The molecule has 2 heterocycles. The lowest BCUT2D eigenvalue weighted by Gasteiger charge is -2.12. The zero-order valence-electron chi connectivity index (χ0n) is 10.1. The predicted octanol–water partition coefficient (Wildman–Crippen LogP) is 2.63. The molecule has 5 heteroatoms. The molecule has 1 aliphatic heterocycles. The van der Waals surface area contributed by atoms with Crippen LogP contribution >= 0.6 is 15.9 Å². The number of amides is 1. The molecule has 19 heavy (non-hydrogen) atoms. The zero-order chi connectivity index (χ0) is 13.2. The normalized spacial score (nSPS) is 17.1. The fourth-order valence-corrected chi connectivity index (χ4v) is 2.79. The Morgan fingerprint density at radius 3 is 3.00 bits per heavy atom. The third-order valence-corrected chi connectivity index (χ3v) is 3.79. The molecular formula is C14H12BrN3O. The lowest BCUT2D eigenvalue weighted by molar-refractivity contribution is -0.117. The van der Waals surface area contributed by atoms with E-state index in [1.807, 2.05) is 30.3 Å². The van der Waals surface area contributed by atoms with Gasteiger partial charge in [0.1, 0.15) is 6.04 Å². The van der Waals surface area contributed by atoms with Crippen LogP contribution in [-0.2, 0) is 11.3 Å². The molecule has 1 atom stereocenters. The van der Waals surface area contributed by atoms with Crippen LogP contribution in [0.25, 0.3) is 0 Å². The van der Waals surface area contributed by atoms with Crippen LogP contribution in [-0.4, -0.2) is 10.9 Å². The number of nitrogens with zero attached hydrogens (tertiary/aromatic N) is 1. The number of nitrogens with one attached hydrogen (secondary N) is 2. The van der Waals surface area contributed by atoms with Crippen molar-refractivity contribution in [1.82, 2.24) is 10.3 Å². The largest absolute Gasteiger partial charge is 0.324 e. The first-order valence-electron chi connectivity index (χ1n) is 5.97. The summed E-state index contributed by atoms with van der Waals surface area (Å²) >= 11 is 3.50. The van der Waals surface area contributed by atoms with Gasteiger partial charge in [-0.1, -0.05) is 28.1 Å². The molecular weight excluding hydrogens is 306 g/mol. The average Bonchev–Trinajstić information content (AvgIpc) is 2.75. The van der Waals surface area contributed by atoms with E-state index in [1.165, 1.54) is 0 Å². The maximum absolute atomic E-state index is 12.0. The Labute approximate surface area is 119 Å². The smallest absolute Gasteiger partial charge is 0.246 e. The molecule has 0 saturated heterocycles. The first-order valence-corrected chi connectivity index (χ1v) is 6.76. The molecule has 1 aliphatic rings. The third kappa shape index (κ3) is 2.39. The van der Waals surface area contributed by atoms with Crippen molar-refractivity contribution >= 4 is 27.5 Å². The highest BCUT2D eigenvalue weighted by Gasteiger charge is 2.31. The fourth-order valence-electron chi connectivity index (χ4n) is 2.19. The summed E-state index contributed by atoms with van der Waals surface area (Å²) in [5.41, 5.74) is 2.88.